The van der Waals surface area contributed by atoms with Gasteiger partial charge in [-0.25, -0.2) is 9.97 Å². The first-order valence-corrected chi connectivity index (χ1v) is 4.78. The van der Waals surface area contributed by atoms with Crippen LogP contribution in [0.3, 0.4) is 0 Å². The molecule has 2 aromatic rings. The van der Waals surface area contributed by atoms with Gasteiger partial charge in [-0.15, -0.1) is 6.07 Å². The summed E-state index contributed by atoms with van der Waals surface area (Å²) in [5.74, 6) is 0. The van der Waals surface area contributed by atoms with Crippen molar-refractivity contribution in [1.82, 2.24) is 15.0 Å². The molecule has 0 aromatic carbocycles. The van der Waals surface area contributed by atoms with E-state index in [0.717, 1.165) is 0 Å². The smallest absolute Gasteiger partial charge is 0.221 e. The molecular weight excluding hydrogens is 366 g/mol. The summed E-state index contributed by atoms with van der Waals surface area (Å²) in [4.78, 5) is 11.6. The van der Waals surface area contributed by atoms with Crippen LogP contribution in [0.1, 0.15) is 0 Å². The maximum absolute atomic E-state index is 5.78. The van der Waals surface area contributed by atoms with Crippen molar-refractivity contribution in [2.45, 2.75) is 0 Å². The van der Waals surface area contributed by atoms with Crippen LogP contribution >= 0.6 is 39.1 Å². The molecule has 14 heavy (non-hydrogen) atoms. The first-order valence-electron chi connectivity index (χ1n) is 3.24. The topological polar surface area (TPSA) is 38.7 Å². The molecule has 0 spiro atoms. The van der Waals surface area contributed by atoms with Crippen molar-refractivity contribution in [3.8, 4) is 0 Å². The summed E-state index contributed by atoms with van der Waals surface area (Å²) in [5, 5.41) is 0.344. The van der Waals surface area contributed by atoms with Crippen molar-refractivity contribution in [2.24, 2.45) is 0 Å². The quantitative estimate of drug-likeness (QED) is 0.409. The van der Waals surface area contributed by atoms with Gasteiger partial charge in [0.15, 0.2) is 0 Å². The first-order chi connectivity index (χ1) is 6.16. The zero-order valence-corrected chi connectivity index (χ0v) is 12.6. The minimum atomic E-state index is 0. The van der Waals surface area contributed by atoms with Gasteiger partial charge >= 0.3 is 0 Å². The molecule has 0 unspecified atom stereocenters. The van der Waals surface area contributed by atoms with Crippen molar-refractivity contribution >= 4 is 50.2 Å². The summed E-state index contributed by atoms with van der Waals surface area (Å²) in [6, 6.07) is 1.72. The number of aromatic nitrogens is 3. The molecule has 7 heteroatoms. The van der Waals surface area contributed by atoms with E-state index < -0.39 is 0 Å². The van der Waals surface area contributed by atoms with E-state index in [1.165, 1.54) is 0 Å². The van der Waals surface area contributed by atoms with E-state index in [2.05, 4.69) is 37.1 Å². The fraction of sp³-hybridized carbons (Fsp3) is 0. The van der Waals surface area contributed by atoms with Crippen LogP contribution in [-0.4, -0.2) is 15.0 Å². The third-order valence-corrected chi connectivity index (χ3v) is 2.22. The normalized spacial score (nSPS) is 9.93. The van der Waals surface area contributed by atoms with Gasteiger partial charge in [-0.3, -0.25) is 0 Å². The molecule has 0 fully saturated rings. The summed E-state index contributed by atoms with van der Waals surface area (Å²) in [5.41, 5.74) is 1.09. The average Bonchev–Trinajstić information content (AvgIpc) is 2.02. The Morgan fingerprint density at radius 3 is 2.71 bits per heavy atom. The monoisotopic (exact) mass is 365 g/mol. The Kier molecular flexibility index (Phi) is 4.66. The molecule has 0 aliphatic rings. The summed E-state index contributed by atoms with van der Waals surface area (Å²) in [6.07, 6.45) is 2.69. The first kappa shape index (κ1) is 12.7. The fourth-order valence-corrected chi connectivity index (χ4v) is 1.63. The Morgan fingerprint density at radius 1 is 1.29 bits per heavy atom. The van der Waals surface area contributed by atoms with Crippen LogP contribution in [0.15, 0.2) is 10.5 Å². The Bertz CT molecular complexity index is 474. The third kappa shape index (κ3) is 2.61. The van der Waals surface area contributed by atoms with Crippen LogP contribution in [0.5, 0.6) is 0 Å². The summed E-state index contributed by atoms with van der Waals surface area (Å²) in [6.45, 7) is 0. The van der Waals surface area contributed by atoms with Gasteiger partial charge in [0, 0.05) is 38.2 Å². The van der Waals surface area contributed by atoms with Gasteiger partial charge < -0.3 is 4.98 Å². The van der Waals surface area contributed by atoms with Gasteiger partial charge in [-0.2, -0.15) is 0 Å². The van der Waals surface area contributed by atoms with Crippen LogP contribution in [0.4, 0.5) is 0 Å². The largest absolute Gasteiger partial charge is 0.381 e. The maximum atomic E-state index is 5.78. The van der Waals surface area contributed by atoms with Crippen LogP contribution in [-0.2, 0) is 32.7 Å². The van der Waals surface area contributed by atoms with E-state index in [4.69, 9.17) is 23.2 Å². The van der Waals surface area contributed by atoms with Crippen molar-refractivity contribution in [2.75, 3.05) is 0 Å². The number of pyridine rings is 1. The molecule has 3 nitrogen and oxygen atoms in total. The van der Waals surface area contributed by atoms with Gasteiger partial charge in [-0.05, 0) is 17.1 Å². The maximum Gasteiger partial charge on any atom is 0.221 e. The molecule has 0 saturated heterocycles. The second kappa shape index (κ2) is 5.13. The summed E-state index contributed by atoms with van der Waals surface area (Å²) < 4.78 is 0.700. The zero-order valence-electron chi connectivity index (χ0n) is 6.63. The van der Waals surface area contributed by atoms with Gasteiger partial charge in [0.1, 0.15) is 5.15 Å². The summed E-state index contributed by atoms with van der Waals surface area (Å²) >= 11 is 14.6. The third-order valence-electron chi connectivity index (χ3n) is 1.38. The Balaban J connectivity index is 0.000000980. The second-order valence-electron chi connectivity index (χ2n) is 2.23. The van der Waals surface area contributed by atoms with E-state index in [1.54, 1.807) is 6.07 Å². The van der Waals surface area contributed by atoms with Gasteiger partial charge in [0.25, 0.3) is 0 Å². The molecule has 1 radical (unpaired) electrons. The van der Waals surface area contributed by atoms with Crippen LogP contribution in [0.2, 0.25) is 10.4 Å². The number of fused-ring (bicyclic) bond motifs is 1. The van der Waals surface area contributed by atoms with Crippen molar-refractivity contribution in [3.05, 3.63) is 27.2 Å². The number of nitrogens with zero attached hydrogens (tertiary/aromatic N) is 3. The van der Waals surface area contributed by atoms with Crippen molar-refractivity contribution < 1.29 is 32.7 Å². The standard InChI is InChI=1S/C7HBrCl2N3.Y/c8-3-1-4-5(11-2-3)6(9)13-7(10)12-4;/h1H;/q-1;. The Morgan fingerprint density at radius 2 is 2.00 bits per heavy atom. The predicted molar refractivity (Wildman–Crippen MR) is 53.9 cm³/mol. The summed E-state index contributed by atoms with van der Waals surface area (Å²) in [7, 11) is 0. The molecule has 69 valence electrons. The van der Waals surface area contributed by atoms with E-state index in [0.29, 0.717) is 15.5 Å². The van der Waals surface area contributed by atoms with E-state index in [9.17, 15) is 0 Å². The minimum Gasteiger partial charge on any atom is -0.381 e. The van der Waals surface area contributed by atoms with Crippen LogP contribution < -0.4 is 0 Å². The molecule has 2 aromatic heterocycles. The molecule has 2 rings (SSSR count). The second-order valence-corrected chi connectivity index (χ2v) is 3.78. The minimum absolute atomic E-state index is 0. The number of halogens is 3. The molecule has 0 atom stereocenters. The molecule has 0 N–H and O–H groups in total. The molecular formula is C7HBrCl2N3Y-. The van der Waals surface area contributed by atoms with Crippen molar-refractivity contribution in [1.29, 1.82) is 0 Å². The Hall–Kier alpha value is 0.654. The predicted octanol–water partition coefficient (Wildman–Crippen LogP) is 2.89. The number of hydrogen-bond acceptors (Lipinski definition) is 3. The molecule has 0 aliphatic carbocycles. The average molecular weight is 367 g/mol. The molecule has 2 heterocycles. The van der Waals surface area contributed by atoms with E-state index in [-0.39, 0.29) is 43.1 Å². The van der Waals surface area contributed by atoms with Gasteiger partial charge in [0.2, 0.25) is 5.28 Å². The van der Waals surface area contributed by atoms with Gasteiger partial charge in [0.05, 0.1) is 0 Å². The van der Waals surface area contributed by atoms with E-state index >= 15 is 0 Å². The zero-order chi connectivity index (χ0) is 9.42. The van der Waals surface area contributed by atoms with Crippen LogP contribution in [0.25, 0.3) is 11.0 Å². The fourth-order valence-electron chi connectivity index (χ4n) is 0.883. The molecule has 0 saturated carbocycles. The number of rotatable bonds is 0. The molecule has 0 bridgehead atoms. The molecule has 0 aliphatic heterocycles. The van der Waals surface area contributed by atoms with Crippen LogP contribution in [0, 0.1) is 6.20 Å². The number of hydrogen-bond donors (Lipinski definition) is 0. The Labute approximate surface area is 124 Å². The molecule has 0 amide bonds. The SMILES string of the molecule is Clc1nc(Cl)c2n[c-]c(Br)cc2n1.[Y]. The van der Waals surface area contributed by atoms with Gasteiger partial charge in [-0.1, -0.05) is 38.2 Å². The van der Waals surface area contributed by atoms with E-state index in [1.807, 2.05) is 0 Å². The van der Waals surface area contributed by atoms with Crippen molar-refractivity contribution in [3.63, 3.8) is 0 Å².